The van der Waals surface area contributed by atoms with Crippen molar-refractivity contribution in [3.8, 4) is 0 Å². The maximum Gasteiger partial charge on any atom is 0.303 e. The summed E-state index contributed by atoms with van der Waals surface area (Å²) in [7, 11) is 0. The van der Waals surface area contributed by atoms with Crippen LogP contribution in [-0.4, -0.2) is 180 Å². The van der Waals surface area contributed by atoms with Crippen LogP contribution in [0.25, 0.3) is 0 Å². The lowest BCUT2D eigenvalue weighted by Gasteiger charge is -2.38. The van der Waals surface area contributed by atoms with Crippen LogP contribution >= 0.6 is 0 Å². The topological polar surface area (TPSA) is 140 Å². The molecule has 0 radical (unpaired) electrons. The predicted octanol–water partition coefficient (Wildman–Crippen LogP) is 20.9. The number of nitrogens with zero attached hydrogens (tertiary/aromatic N) is 5. The monoisotopic (exact) mass is 1360 g/mol. The Kier molecular flexibility index (Phi) is 66.9. The zero-order valence-electron chi connectivity index (χ0n) is 65.5. The average molecular weight is 1360 g/mol. The maximum absolute atomic E-state index is 13.3. The summed E-state index contributed by atoms with van der Waals surface area (Å²) in [6, 6.07) is 0. The van der Waals surface area contributed by atoms with Crippen molar-refractivity contribution in [1.82, 2.24) is 24.5 Å². The van der Waals surface area contributed by atoms with Crippen molar-refractivity contribution < 1.29 is 34.8 Å². The van der Waals surface area contributed by atoms with Crippen molar-refractivity contribution in [3.05, 3.63) is 0 Å². The number of carbonyl (C=O) groups excluding carboxylic acids is 1. The van der Waals surface area contributed by atoms with Crippen LogP contribution in [0.3, 0.4) is 0 Å². The van der Waals surface area contributed by atoms with Crippen LogP contribution in [0.5, 0.6) is 0 Å². The molecule has 5 unspecified atom stereocenters. The third-order valence-electron chi connectivity index (χ3n) is 21.8. The zero-order valence-corrected chi connectivity index (χ0v) is 65.5. The SMILES string of the molecule is CCCCCCCCCCCCC(O)CN(CCC(C)CC)CC(O)CCCCCCCCCCCC.CCCCCCCCCCCCC(O)CN(CCOCCN(CCN1CCN(CCC)CC1)C(=O)CCCC(=O)O)CC(CCCCCCCCCCCC)C1CCC1. The number of rotatable bonds is 72. The predicted molar refractivity (Wildman–Crippen MR) is 414 cm³/mol. The first kappa shape index (κ1) is 92.6. The number of hydrogen-bond acceptors (Lipinski definition) is 10. The third-order valence-corrected chi connectivity index (χ3v) is 21.8. The minimum Gasteiger partial charge on any atom is -0.481 e. The lowest BCUT2D eigenvalue weighted by atomic mass is 9.73. The van der Waals surface area contributed by atoms with Crippen molar-refractivity contribution in [1.29, 1.82) is 0 Å². The molecule has 2 rings (SSSR count). The van der Waals surface area contributed by atoms with Crippen LogP contribution in [-0.2, 0) is 14.3 Å². The second kappa shape index (κ2) is 69.3. The van der Waals surface area contributed by atoms with Gasteiger partial charge in [0.25, 0.3) is 0 Å². The van der Waals surface area contributed by atoms with Crippen LogP contribution in [0.15, 0.2) is 0 Å². The molecule has 0 bridgehead atoms. The summed E-state index contributed by atoms with van der Waals surface area (Å²) in [6.07, 6.45) is 65.1. The summed E-state index contributed by atoms with van der Waals surface area (Å²) in [5.74, 6) is 1.42. The second-order valence-electron chi connectivity index (χ2n) is 31.0. The average Bonchev–Trinajstić information content (AvgIpc) is 1.02. The molecule has 12 nitrogen and oxygen atoms in total. The number of amides is 1. The van der Waals surface area contributed by atoms with E-state index in [4.69, 9.17) is 9.84 Å². The number of carboxylic acids is 1. The molecule has 5 atom stereocenters. The van der Waals surface area contributed by atoms with Gasteiger partial charge in [0, 0.05) is 91.4 Å². The molecule has 0 aromatic rings. The third kappa shape index (κ3) is 58.2. The Morgan fingerprint density at radius 3 is 1.10 bits per heavy atom. The van der Waals surface area contributed by atoms with E-state index in [1.165, 1.54) is 276 Å². The van der Waals surface area contributed by atoms with Crippen molar-refractivity contribution in [2.45, 2.75) is 407 Å². The number of carbonyl (C=O) groups is 2. The van der Waals surface area contributed by atoms with E-state index < -0.39 is 5.97 Å². The molecule has 0 aromatic heterocycles. The largest absolute Gasteiger partial charge is 0.481 e. The van der Waals surface area contributed by atoms with E-state index in [1.54, 1.807) is 0 Å². The summed E-state index contributed by atoms with van der Waals surface area (Å²) >= 11 is 0. The van der Waals surface area contributed by atoms with Crippen molar-refractivity contribution in [2.24, 2.45) is 17.8 Å². The number of aliphatic hydroxyl groups excluding tert-OH is 3. The molecule has 1 aliphatic carbocycles. The van der Waals surface area contributed by atoms with Crippen LogP contribution < -0.4 is 0 Å². The highest BCUT2D eigenvalue weighted by atomic mass is 16.5. The summed E-state index contributed by atoms with van der Waals surface area (Å²) in [5.41, 5.74) is 0. The van der Waals surface area contributed by atoms with Gasteiger partial charge in [0.15, 0.2) is 0 Å². The van der Waals surface area contributed by atoms with Gasteiger partial charge in [-0.05, 0) is 75.8 Å². The van der Waals surface area contributed by atoms with Gasteiger partial charge in [0.2, 0.25) is 5.91 Å². The van der Waals surface area contributed by atoms with Gasteiger partial charge in [-0.3, -0.25) is 24.3 Å². The highest BCUT2D eigenvalue weighted by molar-refractivity contribution is 5.77. The lowest BCUT2D eigenvalue weighted by molar-refractivity contribution is -0.137. The van der Waals surface area contributed by atoms with E-state index in [2.05, 4.69) is 68.1 Å². The molecule has 0 spiro atoms. The van der Waals surface area contributed by atoms with Gasteiger partial charge in [-0.25, -0.2) is 0 Å². The van der Waals surface area contributed by atoms with E-state index in [1.807, 2.05) is 4.90 Å². The molecule has 2 fully saturated rings. The molecule has 0 aromatic carbocycles. The fourth-order valence-corrected chi connectivity index (χ4v) is 14.7. The first-order valence-corrected chi connectivity index (χ1v) is 42.9. The standard InChI is InChI=1S/C50H98N4O5.C34H71NO2/c1-4-7-9-11-13-15-17-19-21-23-27-47(46-28-25-29-46)44-53(45-48(55)30-24-22-20-18-16-14-12-10-8-5-2)40-42-59-43-41-54(49(56)31-26-32-50(57)58)39-38-52-36-34-51(33-6-3)35-37-52;1-5-8-10-12-14-16-18-20-22-24-26-33(36)30-35(29-28-32(4)7-3)31-34(37)27-25-23-21-19-17-15-13-11-9-6-2/h46-48,55H,4-45H2,1-3H3,(H,57,58);32-34,36-37H,5-31H2,1-4H3. The highest BCUT2D eigenvalue weighted by Gasteiger charge is 2.29. The molecule has 4 N–H and O–H groups in total. The van der Waals surface area contributed by atoms with Crippen molar-refractivity contribution in [3.63, 3.8) is 0 Å². The van der Waals surface area contributed by atoms with Gasteiger partial charge in [-0.15, -0.1) is 0 Å². The molecule has 12 heteroatoms. The zero-order chi connectivity index (χ0) is 70.0. The normalized spacial score (nSPS) is 15.6. The molecular weight excluding hydrogens is 1190 g/mol. The van der Waals surface area contributed by atoms with Crippen molar-refractivity contribution in [2.75, 3.05) is 105 Å². The molecule has 1 aliphatic heterocycles. The molecule has 96 heavy (non-hydrogen) atoms. The van der Waals surface area contributed by atoms with Crippen LogP contribution in [0.4, 0.5) is 0 Å². The summed E-state index contributed by atoms with van der Waals surface area (Å²) in [4.78, 5) is 36.2. The number of aliphatic hydroxyl groups is 3. The Labute approximate surface area is 597 Å². The molecule has 1 saturated carbocycles. The molecule has 1 saturated heterocycles. The minimum absolute atomic E-state index is 0.0252. The summed E-state index contributed by atoms with van der Waals surface area (Å²) in [6.45, 7) is 29.4. The second-order valence-corrected chi connectivity index (χ2v) is 31.0. The number of ether oxygens (including phenoxy) is 1. The Hall–Kier alpha value is -1.38. The van der Waals surface area contributed by atoms with E-state index in [0.29, 0.717) is 44.6 Å². The quantitative estimate of drug-likeness (QED) is 0.0433. The molecule has 1 amide bonds. The number of hydrogen-bond donors (Lipinski definition) is 4. The van der Waals surface area contributed by atoms with Gasteiger partial charge in [-0.1, -0.05) is 331 Å². The number of aliphatic carboxylic acids is 1. The fraction of sp³-hybridized carbons (Fsp3) is 0.976. The number of carboxylic acid groups (broad SMARTS) is 1. The van der Waals surface area contributed by atoms with Gasteiger partial charge in [0.1, 0.15) is 0 Å². The first-order valence-electron chi connectivity index (χ1n) is 42.9. The van der Waals surface area contributed by atoms with E-state index in [0.717, 1.165) is 129 Å². The van der Waals surface area contributed by atoms with Gasteiger partial charge in [0.05, 0.1) is 31.5 Å². The van der Waals surface area contributed by atoms with Gasteiger partial charge in [-0.2, -0.15) is 0 Å². The molecule has 2 aliphatic rings. The molecule has 1 heterocycles. The van der Waals surface area contributed by atoms with E-state index in [9.17, 15) is 24.9 Å². The summed E-state index contributed by atoms with van der Waals surface area (Å²) in [5, 5.41) is 41.9. The lowest BCUT2D eigenvalue weighted by Crippen LogP contribution is -2.49. The minimum atomic E-state index is -0.848. The Bertz CT molecular complexity index is 1590. The highest BCUT2D eigenvalue weighted by Crippen LogP contribution is 2.37. The molecule has 572 valence electrons. The smallest absolute Gasteiger partial charge is 0.303 e. The summed E-state index contributed by atoms with van der Waals surface area (Å²) < 4.78 is 6.29. The maximum atomic E-state index is 13.3. The fourth-order valence-electron chi connectivity index (χ4n) is 14.7. The Morgan fingerprint density at radius 2 is 0.750 bits per heavy atom. The van der Waals surface area contributed by atoms with E-state index >= 15 is 0 Å². The number of piperazine rings is 1. The van der Waals surface area contributed by atoms with Crippen molar-refractivity contribution >= 4 is 11.9 Å². The Morgan fingerprint density at radius 1 is 0.396 bits per heavy atom. The van der Waals surface area contributed by atoms with Gasteiger partial charge >= 0.3 is 5.97 Å². The first-order chi connectivity index (χ1) is 46.9. The van der Waals surface area contributed by atoms with Gasteiger partial charge < -0.3 is 35.0 Å². The molecular formula is C84H169N5O7. The van der Waals surface area contributed by atoms with Crippen LogP contribution in [0, 0.1) is 17.8 Å². The number of unbranched alkanes of at least 4 members (excludes halogenated alkanes) is 36. The van der Waals surface area contributed by atoms with Crippen LogP contribution in [0.2, 0.25) is 0 Å². The van der Waals surface area contributed by atoms with Crippen LogP contribution in [0.1, 0.15) is 389 Å². The Balaban J connectivity index is 0.00000107. The van der Waals surface area contributed by atoms with E-state index in [-0.39, 0.29) is 37.1 Å².